The van der Waals surface area contributed by atoms with E-state index in [0.29, 0.717) is 91.4 Å². The number of nitrogens with zero attached hydrogens (tertiary/aromatic N) is 12. The maximum Gasteiger partial charge on any atom is 2.00 e. The summed E-state index contributed by atoms with van der Waals surface area (Å²) in [6.45, 7) is 18.7. The van der Waals surface area contributed by atoms with E-state index in [1.807, 2.05) is 129 Å². The Morgan fingerprint density at radius 3 is 0.644 bits per heavy atom. The van der Waals surface area contributed by atoms with Gasteiger partial charge in [-0.2, -0.15) is 0 Å². The van der Waals surface area contributed by atoms with Crippen LogP contribution in [0.5, 0.6) is 0 Å². The second kappa shape index (κ2) is 106. The van der Waals surface area contributed by atoms with Crippen molar-refractivity contribution in [2.45, 2.75) is 125 Å². The Hall–Kier alpha value is -2.24. The summed E-state index contributed by atoms with van der Waals surface area (Å²) in [5.74, 6) is 0. The Kier molecular flexibility index (Phi) is 164. The van der Waals surface area contributed by atoms with Crippen molar-refractivity contribution >= 4 is 13.5 Å². The third kappa shape index (κ3) is 87.8. The van der Waals surface area contributed by atoms with E-state index in [0.717, 1.165) is 34.2 Å². The fourth-order valence-corrected chi connectivity index (χ4v) is 5.37. The molecule has 6 rings (SSSR count). The van der Waals surface area contributed by atoms with Gasteiger partial charge < -0.3 is 144 Å². The zero-order valence-electron chi connectivity index (χ0n) is 55.9. The summed E-state index contributed by atoms with van der Waals surface area (Å²) in [5.41, 5.74) is 5.56. The molecular formula is C65H114Cu6N12O6S-10. The molecule has 9 N–H and O–H groups in total. The first kappa shape index (κ1) is 140. The summed E-state index contributed by atoms with van der Waals surface area (Å²) in [5, 5.41) is 55.4. The topological polar surface area (TPSA) is 317 Å². The van der Waals surface area contributed by atoms with Crippen LogP contribution in [0.3, 0.4) is 0 Å². The molecule has 25 heteroatoms. The van der Waals surface area contributed by atoms with E-state index in [1.54, 1.807) is 37.2 Å². The minimum Gasteiger partial charge on any atom is -2.00 e. The van der Waals surface area contributed by atoms with Gasteiger partial charge in [0.15, 0.2) is 0 Å². The first-order valence-electron chi connectivity index (χ1n) is 24.7. The standard InChI is InChI=1S/2C16H20N4O.C15H18N4O.2C3H8.C3H7.9CH3.6Cu.3H2O.S/c2*21-16(13-18-12-15-6-2-4-9-20-15)7-10-17-11-14-5-1-3-8-19-14;20-15(11-16-9-13-5-1-3-7-18-13)12-17-10-14-6-2-4-8-19-14;3*1-3-2;;;;;;;;;;;;;;;;;;;/h2*1-6,8-9,16,21H,7,10-13H2;1-8,15,20H,9-12H2;2*3H2,1-2H3;3H,1-2H3;9*1H3;;;;;;;3*1H2;/q3*-2;;;+1;9*-1;;;;3*+2;;;;-2/t2*16-;;;;;;;;;;;;;;;;;;;;;;;/m00......................./s1. The molecule has 18 nitrogen and oxygen atoms in total. The first-order valence-corrected chi connectivity index (χ1v) is 24.7. The number of aromatic nitrogens is 6. The quantitative estimate of drug-likeness (QED) is 0.0264. The summed E-state index contributed by atoms with van der Waals surface area (Å²) in [7, 11) is 0. The molecule has 6 radical (unpaired) electrons. The van der Waals surface area contributed by atoms with Crippen LogP contribution in [-0.2, 0) is 155 Å². The van der Waals surface area contributed by atoms with E-state index in [9.17, 15) is 15.3 Å². The first-order chi connectivity index (χ1) is 34.8. The monoisotopic (exact) mass is 1570 g/mol. The van der Waals surface area contributed by atoms with E-state index in [4.69, 9.17) is 0 Å². The molecule has 0 aromatic carbocycles. The molecule has 6 aromatic heterocycles. The molecule has 6 heterocycles. The van der Waals surface area contributed by atoms with E-state index in [1.165, 1.54) is 12.8 Å². The van der Waals surface area contributed by atoms with Gasteiger partial charge in [0, 0.05) is 141 Å². The molecule has 0 aliphatic carbocycles. The normalized spacial score (nSPS) is 8.69. The molecule has 0 spiro atoms. The molecule has 0 bridgehead atoms. The van der Waals surface area contributed by atoms with Crippen molar-refractivity contribution in [1.29, 1.82) is 0 Å². The molecule has 552 valence electrons. The molecule has 0 aliphatic heterocycles. The third-order valence-electron chi connectivity index (χ3n) is 8.60. The molecule has 6 aromatic rings. The third-order valence-corrected chi connectivity index (χ3v) is 8.60. The Labute approximate surface area is 622 Å². The van der Waals surface area contributed by atoms with Gasteiger partial charge in [0.2, 0.25) is 0 Å². The van der Waals surface area contributed by atoms with E-state index in [-0.39, 0.29) is 199 Å². The van der Waals surface area contributed by atoms with Crippen LogP contribution in [0.25, 0.3) is 31.9 Å². The number of rotatable bonds is 26. The van der Waals surface area contributed by atoms with Gasteiger partial charge in [0.05, 0.1) is 20.3 Å². The Balaban J connectivity index is -0.0000000420. The number of aliphatic hydroxyl groups excluding tert-OH is 3. The average molecular weight is 1570 g/mol. The summed E-state index contributed by atoms with van der Waals surface area (Å²) in [6, 6.07) is 34.5. The smallest absolute Gasteiger partial charge is 2.00 e. The molecule has 0 saturated carbocycles. The van der Waals surface area contributed by atoms with Crippen LogP contribution in [0.15, 0.2) is 146 Å². The second-order valence-corrected chi connectivity index (χ2v) is 15.9. The zero-order valence-corrected chi connectivity index (χ0v) is 62.4. The zero-order chi connectivity index (χ0) is 51.7. The molecule has 0 unspecified atom stereocenters. The van der Waals surface area contributed by atoms with Gasteiger partial charge in [-0.1, -0.05) is 76.9 Å². The molecule has 0 amide bonds. The predicted molar refractivity (Wildman–Crippen MR) is 368 cm³/mol. The maximum absolute atomic E-state index is 9.83. The van der Waals surface area contributed by atoms with Gasteiger partial charge >= 0.3 is 51.2 Å². The summed E-state index contributed by atoms with van der Waals surface area (Å²) >= 11 is 0. The fourth-order valence-electron chi connectivity index (χ4n) is 5.37. The van der Waals surface area contributed by atoms with Crippen LogP contribution < -0.4 is 0 Å². The Morgan fingerprint density at radius 2 is 0.489 bits per heavy atom. The average Bonchev–Trinajstić information content (AvgIpc) is 3.40. The van der Waals surface area contributed by atoms with Gasteiger partial charge in [0.1, 0.15) is 0 Å². The van der Waals surface area contributed by atoms with Gasteiger partial charge in [-0.15, -0.1) is 78.5 Å². The van der Waals surface area contributed by atoms with Crippen LogP contribution in [0, 0.1) is 73.3 Å². The van der Waals surface area contributed by atoms with Crippen LogP contribution in [0.4, 0.5) is 0 Å². The number of pyridine rings is 6. The number of hydrogen-bond acceptors (Lipinski definition) is 9. The van der Waals surface area contributed by atoms with Crippen LogP contribution in [0.1, 0.15) is 101 Å². The molecule has 0 aliphatic rings. The van der Waals surface area contributed by atoms with Gasteiger partial charge in [0.25, 0.3) is 0 Å². The van der Waals surface area contributed by atoms with E-state index < -0.39 is 18.3 Å². The maximum atomic E-state index is 9.83. The van der Waals surface area contributed by atoms with Crippen molar-refractivity contribution in [3.63, 3.8) is 0 Å². The molecular weight excluding hydrogens is 1460 g/mol. The predicted octanol–water partition coefficient (Wildman–Crippen LogP) is 13.3. The molecule has 2 atom stereocenters. The number of aliphatic hydroxyl groups is 3. The Bertz CT molecular complexity index is 1880. The Morgan fingerprint density at radius 1 is 0.333 bits per heavy atom. The SMILES string of the molecule is CCC.CCC.C[CH+]C.O.O.O.OC(C[N-]Cc1ccccn1)C[N-]Cc1ccccn1.O[C@@H](CC[N-]Cc1ccccn1)C[N-]Cc1ccccn1.O[C@@H](CC[N-]Cc1ccccn1)C[N-]Cc1ccccn1.[CH3-].[CH3-].[CH3-].[CH3-].[CH3-].[CH3-].[CH3-].[CH3-].[CH3-].[Cu+2].[Cu+2].[Cu+2].[Cu].[Cu].[Cu].[S-2]. The van der Waals surface area contributed by atoms with Crippen molar-refractivity contribution in [2.24, 2.45) is 0 Å². The van der Waals surface area contributed by atoms with Crippen LogP contribution in [-0.4, -0.2) is 119 Å². The largest absolute Gasteiger partial charge is 2.00 e. The summed E-state index contributed by atoms with van der Waals surface area (Å²) < 4.78 is 0. The second-order valence-electron chi connectivity index (χ2n) is 15.9. The van der Waals surface area contributed by atoms with Gasteiger partial charge in [-0.3, -0.25) is 29.9 Å². The van der Waals surface area contributed by atoms with Crippen molar-refractivity contribution in [2.75, 3.05) is 39.3 Å². The van der Waals surface area contributed by atoms with Crippen molar-refractivity contribution in [3.05, 3.63) is 286 Å². The summed E-state index contributed by atoms with van der Waals surface area (Å²) in [4.78, 5) is 25.1. The van der Waals surface area contributed by atoms with E-state index >= 15 is 0 Å². The van der Waals surface area contributed by atoms with Crippen molar-refractivity contribution in [1.82, 2.24) is 29.9 Å². The fraction of sp³-hybridized carbons (Fsp3) is 0.385. The van der Waals surface area contributed by atoms with Crippen LogP contribution >= 0.6 is 0 Å². The van der Waals surface area contributed by atoms with Crippen molar-refractivity contribution in [3.8, 4) is 0 Å². The summed E-state index contributed by atoms with van der Waals surface area (Å²) in [6.07, 6.45) is 14.8. The van der Waals surface area contributed by atoms with Crippen LogP contribution in [0.2, 0.25) is 0 Å². The van der Waals surface area contributed by atoms with E-state index in [2.05, 4.69) is 89.5 Å². The molecule has 90 heavy (non-hydrogen) atoms. The van der Waals surface area contributed by atoms with Gasteiger partial charge in [-0.25, -0.2) is 0 Å². The minimum absolute atomic E-state index is 0. The minimum atomic E-state index is -0.539. The number of hydrogen-bond donors (Lipinski definition) is 3. The molecule has 0 fully saturated rings. The van der Waals surface area contributed by atoms with Crippen molar-refractivity contribution < 1.29 is 134 Å². The van der Waals surface area contributed by atoms with Gasteiger partial charge in [-0.05, 0) is 85.6 Å². The molecule has 0 saturated heterocycles.